The molecule has 0 fully saturated rings. The first-order valence-corrected chi connectivity index (χ1v) is 10.7. The van der Waals surface area contributed by atoms with Gasteiger partial charge >= 0.3 is 0 Å². The standard InChI is InChI=1S/C26H28O7/c1-13(2)6-7-15-24-14(8-9-26(3,4)33-24)22(29)21-23(30)17(12-32-25(15)21)16-10-20(31-5)19(28)11-18(16)27/h6,8-11,17,27-29H,7,12H2,1-5H3/t17-/m1/s1. The third kappa shape index (κ3) is 3.88. The van der Waals surface area contributed by atoms with Crippen molar-refractivity contribution in [1.82, 2.24) is 0 Å². The van der Waals surface area contributed by atoms with Crippen LogP contribution in [0, 0.1) is 0 Å². The molecule has 1 atom stereocenters. The number of methoxy groups -OCH3 is 1. The van der Waals surface area contributed by atoms with E-state index in [0.29, 0.717) is 29.0 Å². The number of hydrogen-bond donors (Lipinski definition) is 3. The number of hydrogen-bond acceptors (Lipinski definition) is 7. The molecular weight excluding hydrogens is 424 g/mol. The summed E-state index contributed by atoms with van der Waals surface area (Å²) in [5.74, 6) is -1.09. The lowest BCUT2D eigenvalue weighted by Crippen LogP contribution is -2.31. The van der Waals surface area contributed by atoms with Crippen molar-refractivity contribution in [3.8, 4) is 34.5 Å². The number of fused-ring (bicyclic) bond motifs is 2. The molecule has 2 aliphatic heterocycles. The molecule has 0 saturated carbocycles. The summed E-state index contributed by atoms with van der Waals surface area (Å²) in [4.78, 5) is 13.6. The van der Waals surface area contributed by atoms with Crippen LogP contribution in [0.5, 0.6) is 34.5 Å². The number of phenolic OH excluding ortho intramolecular Hbond substituents is 3. The van der Waals surface area contributed by atoms with E-state index in [1.54, 1.807) is 6.08 Å². The van der Waals surface area contributed by atoms with E-state index in [2.05, 4.69) is 0 Å². The minimum atomic E-state index is -0.891. The number of Topliss-reactive ketones (excluding diaryl/α,β-unsaturated/α-hetero) is 1. The zero-order chi connectivity index (χ0) is 24.1. The second-order valence-electron chi connectivity index (χ2n) is 9.11. The van der Waals surface area contributed by atoms with Gasteiger partial charge in [-0.2, -0.15) is 0 Å². The Morgan fingerprint density at radius 2 is 1.91 bits per heavy atom. The van der Waals surface area contributed by atoms with Crippen LogP contribution < -0.4 is 14.2 Å². The fourth-order valence-corrected chi connectivity index (χ4v) is 4.16. The van der Waals surface area contributed by atoms with Gasteiger partial charge in [0.2, 0.25) is 0 Å². The van der Waals surface area contributed by atoms with Crippen LogP contribution in [0.2, 0.25) is 0 Å². The summed E-state index contributed by atoms with van der Waals surface area (Å²) in [5.41, 5.74) is 1.93. The van der Waals surface area contributed by atoms with Gasteiger partial charge in [-0.3, -0.25) is 4.79 Å². The van der Waals surface area contributed by atoms with E-state index >= 15 is 0 Å². The van der Waals surface area contributed by atoms with E-state index in [4.69, 9.17) is 14.2 Å². The number of rotatable bonds is 4. The smallest absolute Gasteiger partial charge is 0.181 e. The summed E-state index contributed by atoms with van der Waals surface area (Å²) in [7, 11) is 1.38. The SMILES string of the molecule is COc1cc([C@H]2COc3c(CC=C(C)C)c4c(c(O)c3C2=O)C=CC(C)(C)O4)c(O)cc1O. The van der Waals surface area contributed by atoms with Crippen molar-refractivity contribution in [1.29, 1.82) is 0 Å². The Balaban J connectivity index is 1.89. The molecule has 0 radical (unpaired) electrons. The van der Waals surface area contributed by atoms with E-state index < -0.39 is 17.3 Å². The molecule has 2 heterocycles. The van der Waals surface area contributed by atoms with Crippen LogP contribution in [-0.2, 0) is 6.42 Å². The van der Waals surface area contributed by atoms with Crippen LogP contribution in [0.25, 0.3) is 6.08 Å². The molecule has 0 amide bonds. The fraction of sp³-hybridized carbons (Fsp3) is 0.346. The van der Waals surface area contributed by atoms with Gasteiger partial charge in [-0.25, -0.2) is 0 Å². The molecule has 174 valence electrons. The first-order chi connectivity index (χ1) is 15.5. The third-order valence-electron chi connectivity index (χ3n) is 5.90. The molecule has 0 unspecified atom stereocenters. The van der Waals surface area contributed by atoms with Gasteiger partial charge in [0.15, 0.2) is 17.3 Å². The van der Waals surface area contributed by atoms with Crippen molar-refractivity contribution in [3.63, 3.8) is 0 Å². The first-order valence-electron chi connectivity index (χ1n) is 10.7. The molecule has 33 heavy (non-hydrogen) atoms. The highest BCUT2D eigenvalue weighted by Crippen LogP contribution is 2.51. The fourth-order valence-electron chi connectivity index (χ4n) is 4.16. The zero-order valence-corrected chi connectivity index (χ0v) is 19.4. The molecular formula is C26H28O7. The Morgan fingerprint density at radius 1 is 1.18 bits per heavy atom. The topological polar surface area (TPSA) is 105 Å². The van der Waals surface area contributed by atoms with Gasteiger partial charge in [-0.05, 0) is 52.3 Å². The summed E-state index contributed by atoms with van der Waals surface area (Å²) in [6.45, 7) is 7.74. The summed E-state index contributed by atoms with van der Waals surface area (Å²) in [5, 5.41) is 31.5. The van der Waals surface area contributed by atoms with Crippen molar-refractivity contribution >= 4 is 11.9 Å². The van der Waals surface area contributed by atoms with E-state index in [9.17, 15) is 20.1 Å². The number of benzene rings is 2. The van der Waals surface area contributed by atoms with Gasteiger partial charge in [0, 0.05) is 17.2 Å². The minimum Gasteiger partial charge on any atom is -0.507 e. The number of carbonyl (C=O) groups is 1. The van der Waals surface area contributed by atoms with Crippen LogP contribution in [0.3, 0.4) is 0 Å². The van der Waals surface area contributed by atoms with E-state index in [0.717, 1.165) is 11.6 Å². The molecule has 7 nitrogen and oxygen atoms in total. The lowest BCUT2D eigenvalue weighted by molar-refractivity contribution is 0.0886. The lowest BCUT2D eigenvalue weighted by atomic mass is 9.84. The number of phenols is 3. The molecule has 7 heteroatoms. The summed E-state index contributed by atoms with van der Waals surface area (Å²) in [6.07, 6.45) is 6.07. The minimum absolute atomic E-state index is 0.0490. The van der Waals surface area contributed by atoms with Crippen molar-refractivity contribution in [2.45, 2.75) is 45.6 Å². The second kappa shape index (κ2) is 8.06. The van der Waals surface area contributed by atoms with Crippen LogP contribution in [0.4, 0.5) is 0 Å². The van der Waals surface area contributed by atoms with Crippen molar-refractivity contribution in [2.75, 3.05) is 13.7 Å². The second-order valence-corrected chi connectivity index (χ2v) is 9.11. The van der Waals surface area contributed by atoms with Gasteiger partial charge in [0.1, 0.15) is 40.8 Å². The average Bonchev–Trinajstić information content (AvgIpc) is 2.73. The molecule has 0 spiro atoms. The van der Waals surface area contributed by atoms with Gasteiger partial charge < -0.3 is 29.5 Å². The van der Waals surface area contributed by atoms with Gasteiger partial charge in [0.05, 0.1) is 18.6 Å². The average molecular weight is 453 g/mol. The number of ether oxygens (including phenoxy) is 3. The third-order valence-corrected chi connectivity index (χ3v) is 5.90. The van der Waals surface area contributed by atoms with E-state index in [-0.39, 0.29) is 40.7 Å². The molecule has 0 aromatic heterocycles. The molecule has 0 aliphatic carbocycles. The Kier molecular flexibility index (Phi) is 5.52. The van der Waals surface area contributed by atoms with Gasteiger partial charge in [0.25, 0.3) is 0 Å². The van der Waals surface area contributed by atoms with E-state index in [1.807, 2.05) is 39.8 Å². The maximum atomic E-state index is 13.6. The Hall–Kier alpha value is -3.61. The molecule has 2 aromatic rings. The van der Waals surface area contributed by atoms with Crippen LogP contribution >= 0.6 is 0 Å². The molecule has 3 N–H and O–H groups in total. The van der Waals surface area contributed by atoms with Crippen LogP contribution in [0.15, 0.2) is 29.9 Å². The predicted octanol–water partition coefficient (Wildman–Crippen LogP) is 4.86. The van der Waals surface area contributed by atoms with Gasteiger partial charge in [-0.1, -0.05) is 11.6 Å². The molecule has 2 aliphatic rings. The summed E-state index contributed by atoms with van der Waals surface area (Å²) >= 11 is 0. The number of aromatic hydroxyl groups is 3. The molecule has 0 bridgehead atoms. The Morgan fingerprint density at radius 3 is 2.58 bits per heavy atom. The highest BCUT2D eigenvalue weighted by molar-refractivity contribution is 6.08. The highest BCUT2D eigenvalue weighted by atomic mass is 16.5. The van der Waals surface area contributed by atoms with Crippen LogP contribution in [0.1, 0.15) is 60.7 Å². The largest absolute Gasteiger partial charge is 0.507 e. The predicted molar refractivity (Wildman–Crippen MR) is 124 cm³/mol. The number of ketones is 1. The van der Waals surface area contributed by atoms with Crippen molar-refractivity contribution < 1.29 is 34.3 Å². The Labute approximate surface area is 192 Å². The molecule has 0 saturated heterocycles. The quantitative estimate of drug-likeness (QED) is 0.569. The highest BCUT2D eigenvalue weighted by Gasteiger charge is 2.40. The van der Waals surface area contributed by atoms with Crippen molar-refractivity contribution in [2.24, 2.45) is 0 Å². The van der Waals surface area contributed by atoms with Gasteiger partial charge in [-0.15, -0.1) is 0 Å². The first kappa shape index (κ1) is 22.6. The lowest BCUT2D eigenvalue weighted by Gasteiger charge is -2.34. The number of carbonyl (C=O) groups excluding carboxylic acids is 1. The monoisotopic (exact) mass is 452 g/mol. The summed E-state index contributed by atoms with van der Waals surface area (Å²) < 4.78 is 17.4. The maximum absolute atomic E-state index is 13.6. The zero-order valence-electron chi connectivity index (χ0n) is 19.4. The van der Waals surface area contributed by atoms with Crippen LogP contribution in [-0.4, -0.2) is 40.4 Å². The van der Waals surface area contributed by atoms with E-state index in [1.165, 1.54) is 13.2 Å². The summed E-state index contributed by atoms with van der Waals surface area (Å²) in [6, 6.07) is 2.54. The normalized spacial score (nSPS) is 18.0. The van der Waals surface area contributed by atoms with Crippen molar-refractivity contribution in [3.05, 3.63) is 52.1 Å². The molecule has 4 rings (SSSR count). The molecule has 2 aromatic carbocycles. The Bertz CT molecular complexity index is 1200. The number of allylic oxidation sites excluding steroid dienone is 2. The maximum Gasteiger partial charge on any atom is 0.181 e.